The van der Waals surface area contributed by atoms with Crippen molar-refractivity contribution in [1.29, 1.82) is 0 Å². The van der Waals surface area contributed by atoms with Gasteiger partial charge in [0.15, 0.2) is 0 Å². The van der Waals surface area contributed by atoms with Crippen molar-refractivity contribution in [2.75, 3.05) is 20.6 Å². The van der Waals surface area contributed by atoms with Crippen LogP contribution < -0.4 is 0 Å². The number of nitro groups is 1. The highest BCUT2D eigenvalue weighted by molar-refractivity contribution is 5.61. The van der Waals surface area contributed by atoms with Crippen LogP contribution in [0.2, 0.25) is 0 Å². The molecule has 0 aliphatic heterocycles. The number of hydrogen-bond donors (Lipinski definition) is 0. The van der Waals surface area contributed by atoms with Crippen LogP contribution in [0.1, 0.15) is 41.0 Å². The van der Waals surface area contributed by atoms with Gasteiger partial charge in [-0.15, -0.1) is 0 Å². The van der Waals surface area contributed by atoms with Crippen LogP contribution in [0.5, 0.6) is 0 Å². The van der Waals surface area contributed by atoms with Gasteiger partial charge >= 0.3 is 0 Å². The average Bonchev–Trinajstić information content (AvgIpc) is 2.54. The third kappa shape index (κ3) is 1.94. The Balaban J connectivity index is 2.00. The van der Waals surface area contributed by atoms with Gasteiger partial charge in [0, 0.05) is 30.0 Å². The second-order valence-electron chi connectivity index (χ2n) is 7.03. The van der Waals surface area contributed by atoms with E-state index in [1.807, 2.05) is 12.1 Å². The average molecular weight is 308 g/mol. The Hall–Kier alpha value is -2.20. The molecule has 0 aromatic heterocycles. The van der Waals surface area contributed by atoms with Gasteiger partial charge in [-0.05, 0) is 49.2 Å². The molecule has 2 aromatic rings. The van der Waals surface area contributed by atoms with E-state index in [0.717, 1.165) is 24.9 Å². The van der Waals surface area contributed by atoms with Gasteiger partial charge in [0.1, 0.15) is 0 Å². The van der Waals surface area contributed by atoms with E-state index in [4.69, 9.17) is 0 Å². The van der Waals surface area contributed by atoms with Crippen LogP contribution in [-0.2, 0) is 5.41 Å². The summed E-state index contributed by atoms with van der Waals surface area (Å²) in [4.78, 5) is 13.2. The minimum Gasteiger partial charge on any atom is -0.308 e. The molecule has 23 heavy (non-hydrogen) atoms. The first-order valence-electron chi connectivity index (χ1n) is 8.06. The number of nitrogens with zero attached hydrogens (tertiary/aromatic N) is 2. The molecular weight excluding hydrogens is 288 g/mol. The van der Waals surface area contributed by atoms with E-state index in [1.165, 1.54) is 16.7 Å². The first-order valence-corrected chi connectivity index (χ1v) is 8.06. The van der Waals surface area contributed by atoms with Crippen LogP contribution in [0.4, 0.5) is 5.69 Å². The molecule has 3 aliphatic rings. The van der Waals surface area contributed by atoms with Gasteiger partial charge in [-0.1, -0.05) is 30.3 Å². The van der Waals surface area contributed by atoms with Crippen molar-refractivity contribution < 1.29 is 4.92 Å². The van der Waals surface area contributed by atoms with Crippen molar-refractivity contribution in [1.82, 2.24) is 4.90 Å². The predicted molar refractivity (Wildman–Crippen MR) is 89.9 cm³/mol. The molecule has 2 atom stereocenters. The van der Waals surface area contributed by atoms with E-state index in [0.29, 0.717) is 5.92 Å². The van der Waals surface area contributed by atoms with E-state index >= 15 is 0 Å². The number of likely N-dealkylation sites (N-methyl/N-ethyl adjacent to an activating group) is 1. The number of rotatable bonds is 3. The fourth-order valence-electron chi connectivity index (χ4n) is 4.69. The Bertz CT molecular complexity index is 800. The zero-order chi connectivity index (χ0) is 16.2. The van der Waals surface area contributed by atoms with E-state index in [-0.39, 0.29) is 16.0 Å². The van der Waals surface area contributed by atoms with Gasteiger partial charge < -0.3 is 4.90 Å². The third-order valence-corrected chi connectivity index (χ3v) is 5.44. The van der Waals surface area contributed by atoms with Crippen LogP contribution >= 0.6 is 0 Å². The molecule has 0 radical (unpaired) electrons. The van der Waals surface area contributed by atoms with Gasteiger partial charge in [-0.2, -0.15) is 0 Å². The monoisotopic (exact) mass is 308 g/mol. The zero-order valence-electron chi connectivity index (χ0n) is 13.5. The molecule has 0 spiro atoms. The number of fused-ring (bicyclic) bond motifs is 1. The summed E-state index contributed by atoms with van der Waals surface area (Å²) in [5, 5.41) is 11.3. The molecular formula is C19H20N2O2. The second-order valence-corrected chi connectivity index (χ2v) is 7.03. The van der Waals surface area contributed by atoms with Crippen LogP contribution in [0.3, 0.4) is 0 Å². The normalized spacial score (nSPS) is 24.4. The minimum absolute atomic E-state index is 0.129. The maximum Gasteiger partial charge on any atom is 0.269 e. The fourth-order valence-corrected chi connectivity index (χ4v) is 4.69. The van der Waals surface area contributed by atoms with Gasteiger partial charge in [-0.3, -0.25) is 10.1 Å². The van der Waals surface area contributed by atoms with Crippen molar-refractivity contribution in [3.05, 3.63) is 74.8 Å². The number of nitro benzene ring substituents is 1. The first kappa shape index (κ1) is 14.4. The van der Waals surface area contributed by atoms with E-state index in [2.05, 4.69) is 43.3 Å². The van der Waals surface area contributed by atoms with Crippen LogP contribution in [-0.4, -0.2) is 30.5 Å². The van der Waals surface area contributed by atoms with E-state index < -0.39 is 0 Å². The molecule has 4 nitrogen and oxygen atoms in total. The summed E-state index contributed by atoms with van der Waals surface area (Å²) in [7, 11) is 4.16. The van der Waals surface area contributed by atoms with Crippen LogP contribution in [0, 0.1) is 10.1 Å². The molecule has 0 amide bonds. The lowest BCUT2D eigenvalue weighted by molar-refractivity contribution is -0.385. The van der Waals surface area contributed by atoms with Gasteiger partial charge in [-0.25, -0.2) is 0 Å². The Labute approximate surface area is 135 Å². The highest BCUT2D eigenvalue weighted by Crippen LogP contribution is 2.56. The zero-order valence-corrected chi connectivity index (χ0v) is 13.5. The Morgan fingerprint density at radius 2 is 1.91 bits per heavy atom. The highest BCUT2D eigenvalue weighted by Gasteiger charge is 2.48. The largest absolute Gasteiger partial charge is 0.308 e. The molecule has 118 valence electrons. The van der Waals surface area contributed by atoms with Crippen molar-refractivity contribution in [2.24, 2.45) is 0 Å². The molecule has 2 bridgehead atoms. The molecule has 0 N–H and O–H groups in total. The first-order chi connectivity index (χ1) is 11.0. The summed E-state index contributed by atoms with van der Waals surface area (Å²) >= 11 is 0. The summed E-state index contributed by atoms with van der Waals surface area (Å²) in [5.74, 6) is 0.381. The molecule has 3 aliphatic carbocycles. The summed E-state index contributed by atoms with van der Waals surface area (Å²) < 4.78 is 0. The summed E-state index contributed by atoms with van der Waals surface area (Å²) in [5.41, 5.74) is 5.28. The SMILES string of the molecule is CN(C)CC12CCC(c3ccccc31)c1ccc([N+](=O)[O-])cc12. The molecule has 2 aromatic carbocycles. The molecule has 0 saturated heterocycles. The Morgan fingerprint density at radius 3 is 2.65 bits per heavy atom. The van der Waals surface area contributed by atoms with Crippen molar-refractivity contribution in [3.63, 3.8) is 0 Å². The van der Waals surface area contributed by atoms with E-state index in [1.54, 1.807) is 6.07 Å². The highest BCUT2D eigenvalue weighted by atomic mass is 16.6. The molecule has 0 fully saturated rings. The topological polar surface area (TPSA) is 46.4 Å². The van der Waals surface area contributed by atoms with Crippen molar-refractivity contribution in [3.8, 4) is 0 Å². The van der Waals surface area contributed by atoms with Gasteiger partial charge in [0.2, 0.25) is 0 Å². The van der Waals surface area contributed by atoms with Gasteiger partial charge in [0.05, 0.1) is 4.92 Å². The number of benzene rings is 2. The molecule has 0 saturated carbocycles. The van der Waals surface area contributed by atoms with Crippen LogP contribution in [0.15, 0.2) is 42.5 Å². The molecule has 2 unspecified atom stereocenters. The van der Waals surface area contributed by atoms with E-state index in [9.17, 15) is 10.1 Å². The lowest BCUT2D eigenvalue weighted by Crippen LogP contribution is -2.46. The lowest BCUT2D eigenvalue weighted by Gasteiger charge is -2.50. The minimum atomic E-state index is -0.280. The number of non-ortho nitro benzene ring substituents is 1. The lowest BCUT2D eigenvalue weighted by atomic mass is 9.55. The maximum atomic E-state index is 11.3. The summed E-state index contributed by atoms with van der Waals surface area (Å²) in [6.07, 6.45) is 2.18. The maximum absolute atomic E-state index is 11.3. The quantitative estimate of drug-likeness (QED) is 0.642. The third-order valence-electron chi connectivity index (χ3n) is 5.44. The second kappa shape index (κ2) is 4.90. The van der Waals surface area contributed by atoms with Gasteiger partial charge in [0.25, 0.3) is 5.69 Å². The predicted octanol–water partition coefficient (Wildman–Crippen LogP) is 3.68. The molecule has 5 rings (SSSR count). The fraction of sp³-hybridized carbons (Fsp3) is 0.368. The number of hydrogen-bond acceptors (Lipinski definition) is 3. The van der Waals surface area contributed by atoms with Crippen LogP contribution in [0.25, 0.3) is 0 Å². The molecule has 0 heterocycles. The molecule has 4 heteroatoms. The van der Waals surface area contributed by atoms with Crippen molar-refractivity contribution in [2.45, 2.75) is 24.2 Å². The standard InChI is InChI=1S/C19H20N2O2/c1-20(2)12-19-10-9-14(15-5-3-4-6-17(15)19)16-8-7-13(21(22)23)11-18(16)19/h3-8,11,14H,9-10,12H2,1-2H3. The summed E-state index contributed by atoms with van der Waals surface area (Å²) in [6, 6.07) is 14.1. The smallest absolute Gasteiger partial charge is 0.269 e. The Kier molecular flexibility index (Phi) is 3.07. The Morgan fingerprint density at radius 1 is 1.17 bits per heavy atom. The van der Waals surface area contributed by atoms with Crippen molar-refractivity contribution >= 4 is 5.69 Å². The summed E-state index contributed by atoms with van der Waals surface area (Å²) in [6.45, 7) is 0.880.